The number of nitrogens with zero attached hydrogens (tertiary/aromatic N) is 1. The smallest absolute Gasteiger partial charge is 0.254 e. The van der Waals surface area contributed by atoms with E-state index in [0.29, 0.717) is 11.8 Å². The largest absolute Gasteiger partial charge is 0.334 e. The molecule has 1 aromatic rings. The van der Waals surface area contributed by atoms with Gasteiger partial charge in [-0.2, -0.15) is 0 Å². The first-order valence-electron chi connectivity index (χ1n) is 6.17. The molecule has 4 heteroatoms. The first-order chi connectivity index (χ1) is 8.54. The molecule has 18 heavy (non-hydrogen) atoms. The SMILES string of the molecule is Cc1ccc(C(=O)N2CCC(C)C2CCl)cc1Br. The van der Waals surface area contributed by atoms with Crippen molar-refractivity contribution in [1.82, 2.24) is 4.90 Å². The van der Waals surface area contributed by atoms with Crippen LogP contribution < -0.4 is 0 Å². The lowest BCUT2D eigenvalue weighted by atomic mass is 10.0. The van der Waals surface area contributed by atoms with E-state index in [1.165, 1.54) is 0 Å². The number of amides is 1. The molecule has 0 spiro atoms. The molecule has 1 saturated heterocycles. The van der Waals surface area contributed by atoms with Crippen molar-refractivity contribution in [3.63, 3.8) is 0 Å². The molecule has 1 heterocycles. The number of likely N-dealkylation sites (tertiary alicyclic amines) is 1. The minimum Gasteiger partial charge on any atom is -0.334 e. The number of aryl methyl sites for hydroxylation is 1. The van der Waals surface area contributed by atoms with Crippen molar-refractivity contribution in [2.75, 3.05) is 12.4 Å². The molecule has 0 N–H and O–H groups in total. The van der Waals surface area contributed by atoms with Gasteiger partial charge in [-0.25, -0.2) is 0 Å². The monoisotopic (exact) mass is 329 g/mol. The maximum Gasteiger partial charge on any atom is 0.254 e. The topological polar surface area (TPSA) is 20.3 Å². The fourth-order valence-corrected chi connectivity index (χ4v) is 3.24. The quantitative estimate of drug-likeness (QED) is 0.754. The second-order valence-electron chi connectivity index (χ2n) is 4.95. The molecule has 1 amide bonds. The zero-order valence-electron chi connectivity index (χ0n) is 10.6. The van der Waals surface area contributed by atoms with E-state index in [-0.39, 0.29) is 11.9 Å². The van der Waals surface area contributed by atoms with Crippen molar-refractivity contribution in [3.8, 4) is 0 Å². The van der Waals surface area contributed by atoms with Gasteiger partial charge in [0, 0.05) is 28.5 Å². The average Bonchev–Trinajstić information content (AvgIpc) is 2.73. The molecule has 2 unspecified atom stereocenters. The molecular formula is C14H17BrClNO. The molecule has 1 aliphatic rings. The summed E-state index contributed by atoms with van der Waals surface area (Å²) in [5.74, 6) is 1.09. The molecule has 0 bridgehead atoms. The molecule has 0 radical (unpaired) electrons. The van der Waals surface area contributed by atoms with E-state index in [1.807, 2.05) is 30.0 Å². The highest BCUT2D eigenvalue weighted by Crippen LogP contribution is 2.27. The van der Waals surface area contributed by atoms with Crippen LogP contribution in [0.3, 0.4) is 0 Å². The Morgan fingerprint density at radius 2 is 2.28 bits per heavy atom. The molecule has 2 atom stereocenters. The molecule has 0 aromatic heterocycles. The van der Waals surface area contributed by atoms with E-state index in [0.717, 1.165) is 28.6 Å². The second kappa shape index (κ2) is 5.62. The third-order valence-electron chi connectivity index (χ3n) is 3.72. The van der Waals surface area contributed by atoms with Gasteiger partial charge in [0.25, 0.3) is 5.91 Å². The summed E-state index contributed by atoms with van der Waals surface area (Å²) in [4.78, 5) is 14.4. The number of halogens is 2. The Kier molecular flexibility index (Phi) is 4.33. The first kappa shape index (κ1) is 13.9. The Morgan fingerprint density at radius 3 is 2.89 bits per heavy atom. The number of hydrogen-bond donors (Lipinski definition) is 0. The molecule has 1 aliphatic heterocycles. The van der Waals surface area contributed by atoms with Crippen molar-refractivity contribution in [1.29, 1.82) is 0 Å². The number of carbonyl (C=O) groups excluding carboxylic acids is 1. The molecule has 0 saturated carbocycles. The fraction of sp³-hybridized carbons (Fsp3) is 0.500. The predicted molar refractivity (Wildman–Crippen MR) is 78.2 cm³/mol. The highest BCUT2D eigenvalue weighted by atomic mass is 79.9. The van der Waals surface area contributed by atoms with Gasteiger partial charge in [0.2, 0.25) is 0 Å². The number of carbonyl (C=O) groups is 1. The Labute approximate surface area is 121 Å². The van der Waals surface area contributed by atoms with Crippen LogP contribution in [0, 0.1) is 12.8 Å². The lowest BCUT2D eigenvalue weighted by molar-refractivity contribution is 0.0737. The van der Waals surface area contributed by atoms with Crippen LogP contribution in [-0.2, 0) is 0 Å². The van der Waals surface area contributed by atoms with E-state index in [1.54, 1.807) is 0 Å². The van der Waals surface area contributed by atoms with Gasteiger partial charge in [0.05, 0.1) is 0 Å². The average molecular weight is 331 g/mol. The Morgan fingerprint density at radius 1 is 1.56 bits per heavy atom. The van der Waals surface area contributed by atoms with Gasteiger partial charge < -0.3 is 4.90 Å². The van der Waals surface area contributed by atoms with E-state index in [2.05, 4.69) is 22.9 Å². The summed E-state index contributed by atoms with van der Waals surface area (Å²) in [5, 5.41) is 0. The van der Waals surface area contributed by atoms with Gasteiger partial charge in [-0.3, -0.25) is 4.79 Å². The van der Waals surface area contributed by atoms with E-state index < -0.39 is 0 Å². The summed E-state index contributed by atoms with van der Waals surface area (Å²) >= 11 is 9.45. The number of alkyl halides is 1. The molecule has 2 rings (SSSR count). The Hall–Kier alpha value is -0.540. The lowest BCUT2D eigenvalue weighted by Crippen LogP contribution is -2.38. The van der Waals surface area contributed by atoms with E-state index in [9.17, 15) is 4.79 Å². The normalized spacial score (nSPS) is 23.4. The summed E-state index contributed by atoms with van der Waals surface area (Å²) in [6, 6.07) is 5.91. The first-order valence-corrected chi connectivity index (χ1v) is 7.50. The highest BCUT2D eigenvalue weighted by Gasteiger charge is 2.34. The summed E-state index contributed by atoms with van der Waals surface area (Å²) in [7, 11) is 0. The van der Waals surface area contributed by atoms with Crippen molar-refractivity contribution in [2.24, 2.45) is 5.92 Å². The summed E-state index contributed by atoms with van der Waals surface area (Å²) in [6.07, 6.45) is 1.04. The standard InChI is InChI=1S/C14H17BrClNO/c1-9-3-4-11(7-12(9)15)14(18)17-6-5-10(2)13(17)8-16/h3-4,7,10,13H,5-6,8H2,1-2H3. The summed E-state index contributed by atoms with van der Waals surface area (Å²) < 4.78 is 0.975. The lowest BCUT2D eigenvalue weighted by Gasteiger charge is -2.25. The zero-order chi connectivity index (χ0) is 13.3. The Balaban J connectivity index is 2.23. The zero-order valence-corrected chi connectivity index (χ0v) is 13.0. The maximum absolute atomic E-state index is 12.5. The van der Waals surface area contributed by atoms with Crippen LogP contribution in [0.1, 0.15) is 29.3 Å². The van der Waals surface area contributed by atoms with Crippen LogP contribution in [-0.4, -0.2) is 29.3 Å². The Bertz CT molecular complexity index is 463. The van der Waals surface area contributed by atoms with Crippen molar-refractivity contribution in [2.45, 2.75) is 26.3 Å². The van der Waals surface area contributed by atoms with Crippen molar-refractivity contribution >= 4 is 33.4 Å². The van der Waals surface area contributed by atoms with Crippen LogP contribution >= 0.6 is 27.5 Å². The summed E-state index contributed by atoms with van der Waals surface area (Å²) in [5.41, 5.74) is 1.87. The van der Waals surface area contributed by atoms with Crippen LogP contribution in [0.5, 0.6) is 0 Å². The fourth-order valence-electron chi connectivity index (χ4n) is 2.39. The van der Waals surface area contributed by atoms with Crippen LogP contribution in [0.2, 0.25) is 0 Å². The minimum atomic E-state index is 0.0886. The third kappa shape index (κ3) is 2.57. The van der Waals surface area contributed by atoms with Gasteiger partial charge >= 0.3 is 0 Å². The molecule has 0 aliphatic carbocycles. The van der Waals surface area contributed by atoms with Gasteiger partial charge in [0.15, 0.2) is 0 Å². The molecule has 98 valence electrons. The number of benzene rings is 1. The minimum absolute atomic E-state index is 0.0886. The third-order valence-corrected chi connectivity index (χ3v) is 4.89. The van der Waals surface area contributed by atoms with Gasteiger partial charge in [0.1, 0.15) is 0 Å². The molecular weight excluding hydrogens is 314 g/mol. The highest BCUT2D eigenvalue weighted by molar-refractivity contribution is 9.10. The number of hydrogen-bond acceptors (Lipinski definition) is 1. The van der Waals surface area contributed by atoms with E-state index in [4.69, 9.17) is 11.6 Å². The number of rotatable bonds is 2. The van der Waals surface area contributed by atoms with Gasteiger partial charge in [-0.1, -0.05) is 28.9 Å². The van der Waals surface area contributed by atoms with Crippen LogP contribution in [0.4, 0.5) is 0 Å². The second-order valence-corrected chi connectivity index (χ2v) is 6.11. The van der Waals surface area contributed by atoms with Crippen LogP contribution in [0.15, 0.2) is 22.7 Å². The molecule has 1 fully saturated rings. The van der Waals surface area contributed by atoms with Gasteiger partial charge in [-0.15, -0.1) is 11.6 Å². The molecule has 1 aromatic carbocycles. The molecule has 2 nitrogen and oxygen atoms in total. The van der Waals surface area contributed by atoms with E-state index >= 15 is 0 Å². The predicted octanol–water partition coefficient (Wildman–Crippen LogP) is 3.85. The maximum atomic E-state index is 12.5. The summed E-state index contributed by atoms with van der Waals surface area (Å²) in [6.45, 7) is 4.98. The van der Waals surface area contributed by atoms with Crippen molar-refractivity contribution < 1.29 is 4.79 Å². The van der Waals surface area contributed by atoms with Gasteiger partial charge in [-0.05, 0) is 37.0 Å². The van der Waals surface area contributed by atoms with Crippen LogP contribution in [0.25, 0.3) is 0 Å². The van der Waals surface area contributed by atoms with Crippen molar-refractivity contribution in [3.05, 3.63) is 33.8 Å².